The average Bonchev–Trinajstić information content (AvgIpc) is 2.63. The number of amides is 1. The lowest BCUT2D eigenvalue weighted by molar-refractivity contribution is -0.121. The first-order valence-electron chi connectivity index (χ1n) is 8.95. The molecule has 0 saturated carbocycles. The number of nitrogens with one attached hydrogen (secondary N) is 2. The molecule has 0 radical (unpaired) electrons. The van der Waals surface area contributed by atoms with Crippen LogP contribution >= 0.6 is 0 Å². The SMILES string of the molecule is Cc1ccc(C)c([C@H](C)NC(=O)CCn2c(=O)[nH]c(=O)c3ccccc32)c1. The Labute approximate surface area is 156 Å². The van der Waals surface area contributed by atoms with Gasteiger partial charge < -0.3 is 5.32 Å². The van der Waals surface area contributed by atoms with Gasteiger partial charge in [-0.3, -0.25) is 19.1 Å². The Bertz CT molecular complexity index is 1110. The van der Waals surface area contributed by atoms with E-state index in [2.05, 4.69) is 16.4 Å². The zero-order valence-corrected chi connectivity index (χ0v) is 15.7. The van der Waals surface area contributed by atoms with Crippen molar-refractivity contribution >= 4 is 16.8 Å². The summed E-state index contributed by atoms with van der Waals surface area (Å²) in [7, 11) is 0. The van der Waals surface area contributed by atoms with Crippen LogP contribution in [-0.2, 0) is 11.3 Å². The van der Waals surface area contributed by atoms with Crippen molar-refractivity contribution in [3.05, 3.63) is 80.0 Å². The van der Waals surface area contributed by atoms with Crippen LogP contribution in [0, 0.1) is 13.8 Å². The number of carbonyl (C=O) groups excluding carboxylic acids is 1. The van der Waals surface area contributed by atoms with E-state index in [9.17, 15) is 14.4 Å². The quantitative estimate of drug-likeness (QED) is 0.729. The first-order valence-corrected chi connectivity index (χ1v) is 8.95. The van der Waals surface area contributed by atoms with Crippen molar-refractivity contribution in [2.45, 2.75) is 39.8 Å². The van der Waals surface area contributed by atoms with E-state index in [0.717, 1.165) is 16.7 Å². The smallest absolute Gasteiger partial charge is 0.328 e. The molecule has 0 unspecified atom stereocenters. The van der Waals surface area contributed by atoms with E-state index in [1.165, 1.54) is 4.57 Å². The fourth-order valence-corrected chi connectivity index (χ4v) is 3.30. The van der Waals surface area contributed by atoms with Gasteiger partial charge in [0, 0.05) is 13.0 Å². The molecular weight excluding hydrogens is 342 g/mol. The largest absolute Gasteiger partial charge is 0.350 e. The summed E-state index contributed by atoms with van der Waals surface area (Å²) in [5.41, 5.74) is 2.95. The zero-order valence-electron chi connectivity index (χ0n) is 15.7. The van der Waals surface area contributed by atoms with Gasteiger partial charge in [-0.2, -0.15) is 0 Å². The van der Waals surface area contributed by atoms with E-state index in [4.69, 9.17) is 0 Å². The lowest BCUT2D eigenvalue weighted by Crippen LogP contribution is -2.33. The van der Waals surface area contributed by atoms with Gasteiger partial charge in [-0.25, -0.2) is 4.79 Å². The third-order valence-corrected chi connectivity index (χ3v) is 4.75. The Morgan fingerprint density at radius 1 is 1.15 bits per heavy atom. The summed E-state index contributed by atoms with van der Waals surface area (Å²) in [6.07, 6.45) is 0.144. The van der Waals surface area contributed by atoms with Gasteiger partial charge in [0.2, 0.25) is 5.91 Å². The highest BCUT2D eigenvalue weighted by Gasteiger charge is 2.13. The minimum atomic E-state index is -0.505. The van der Waals surface area contributed by atoms with Gasteiger partial charge in [0.25, 0.3) is 5.56 Å². The number of aryl methyl sites for hydroxylation is 3. The Morgan fingerprint density at radius 3 is 2.67 bits per heavy atom. The summed E-state index contributed by atoms with van der Waals surface area (Å²) in [6, 6.07) is 12.9. The van der Waals surface area contributed by atoms with Crippen LogP contribution in [0.5, 0.6) is 0 Å². The number of hydrogen-bond acceptors (Lipinski definition) is 3. The van der Waals surface area contributed by atoms with Crippen LogP contribution in [0.15, 0.2) is 52.1 Å². The first-order chi connectivity index (χ1) is 12.9. The van der Waals surface area contributed by atoms with Gasteiger partial charge in [0.05, 0.1) is 16.9 Å². The van der Waals surface area contributed by atoms with Crippen molar-refractivity contribution in [2.75, 3.05) is 0 Å². The minimum absolute atomic E-state index is 0.124. The number of fused-ring (bicyclic) bond motifs is 1. The van der Waals surface area contributed by atoms with Gasteiger partial charge in [-0.15, -0.1) is 0 Å². The summed E-state index contributed by atoms with van der Waals surface area (Å²) in [6.45, 7) is 6.18. The molecule has 3 rings (SSSR count). The number of carbonyl (C=O) groups is 1. The molecule has 2 N–H and O–H groups in total. The molecule has 1 atom stereocenters. The number of aromatic nitrogens is 2. The normalized spacial score (nSPS) is 12.1. The molecule has 1 amide bonds. The van der Waals surface area contributed by atoms with E-state index in [1.54, 1.807) is 24.3 Å². The third-order valence-electron chi connectivity index (χ3n) is 4.75. The van der Waals surface area contributed by atoms with Gasteiger partial charge in [0.15, 0.2) is 0 Å². The molecule has 3 aromatic rings. The van der Waals surface area contributed by atoms with Crippen molar-refractivity contribution in [1.29, 1.82) is 0 Å². The van der Waals surface area contributed by atoms with E-state index < -0.39 is 11.2 Å². The van der Waals surface area contributed by atoms with Gasteiger partial charge in [0.1, 0.15) is 0 Å². The molecule has 140 valence electrons. The Balaban J connectivity index is 1.75. The Hall–Kier alpha value is -3.15. The summed E-state index contributed by atoms with van der Waals surface area (Å²) >= 11 is 0. The van der Waals surface area contributed by atoms with Crippen LogP contribution in [0.25, 0.3) is 10.9 Å². The van der Waals surface area contributed by atoms with Crippen molar-refractivity contribution in [1.82, 2.24) is 14.9 Å². The van der Waals surface area contributed by atoms with Crippen molar-refractivity contribution in [3.8, 4) is 0 Å². The fourth-order valence-electron chi connectivity index (χ4n) is 3.30. The highest BCUT2D eigenvalue weighted by atomic mass is 16.2. The van der Waals surface area contributed by atoms with Gasteiger partial charge in [-0.1, -0.05) is 35.9 Å². The number of rotatable bonds is 5. The van der Waals surface area contributed by atoms with Crippen molar-refractivity contribution in [2.24, 2.45) is 0 Å². The molecular formula is C21H23N3O3. The fraction of sp³-hybridized carbons (Fsp3) is 0.286. The topological polar surface area (TPSA) is 84.0 Å². The van der Waals surface area contributed by atoms with Crippen LogP contribution in [0.2, 0.25) is 0 Å². The molecule has 1 heterocycles. The van der Waals surface area contributed by atoms with Crippen molar-refractivity contribution in [3.63, 3.8) is 0 Å². The number of H-pyrrole nitrogens is 1. The molecule has 27 heavy (non-hydrogen) atoms. The second-order valence-electron chi connectivity index (χ2n) is 6.83. The van der Waals surface area contributed by atoms with E-state index >= 15 is 0 Å². The van der Waals surface area contributed by atoms with Crippen LogP contribution in [0.4, 0.5) is 0 Å². The van der Waals surface area contributed by atoms with Crippen LogP contribution < -0.4 is 16.6 Å². The standard InChI is InChI=1S/C21H23N3O3/c1-13-8-9-14(2)17(12-13)15(3)22-19(25)10-11-24-18-7-5-4-6-16(18)20(26)23-21(24)27/h4-9,12,15H,10-11H2,1-3H3,(H,22,25)(H,23,26,27)/t15-/m0/s1. The van der Waals surface area contributed by atoms with Crippen molar-refractivity contribution < 1.29 is 4.79 Å². The van der Waals surface area contributed by atoms with Crippen LogP contribution in [0.3, 0.4) is 0 Å². The van der Waals surface area contributed by atoms with Gasteiger partial charge in [-0.05, 0) is 44.0 Å². The molecule has 0 aliphatic carbocycles. The highest BCUT2D eigenvalue weighted by Crippen LogP contribution is 2.19. The van der Waals surface area contributed by atoms with Gasteiger partial charge >= 0.3 is 5.69 Å². The highest BCUT2D eigenvalue weighted by molar-refractivity contribution is 5.79. The predicted molar refractivity (Wildman–Crippen MR) is 106 cm³/mol. The molecule has 0 bridgehead atoms. The molecule has 6 heteroatoms. The molecule has 6 nitrogen and oxygen atoms in total. The van der Waals surface area contributed by atoms with E-state index in [-0.39, 0.29) is 24.9 Å². The zero-order chi connectivity index (χ0) is 19.6. The Morgan fingerprint density at radius 2 is 1.89 bits per heavy atom. The summed E-state index contributed by atoms with van der Waals surface area (Å²) < 4.78 is 1.43. The number of para-hydroxylation sites is 1. The predicted octanol–water partition coefficient (Wildman–Crippen LogP) is 2.57. The summed E-state index contributed by atoms with van der Waals surface area (Å²) in [5.74, 6) is -0.148. The molecule has 2 aromatic carbocycles. The second-order valence-corrected chi connectivity index (χ2v) is 6.83. The Kier molecular flexibility index (Phi) is 5.26. The lowest BCUT2D eigenvalue weighted by atomic mass is 10.00. The maximum absolute atomic E-state index is 12.4. The molecule has 1 aromatic heterocycles. The average molecular weight is 365 g/mol. The molecule has 0 aliphatic heterocycles. The monoisotopic (exact) mass is 365 g/mol. The molecule has 0 fully saturated rings. The van der Waals surface area contributed by atoms with Crippen LogP contribution in [-0.4, -0.2) is 15.5 Å². The summed E-state index contributed by atoms with van der Waals surface area (Å²) in [5, 5.41) is 3.42. The second kappa shape index (κ2) is 7.61. The third kappa shape index (κ3) is 4.00. The number of aromatic amines is 1. The molecule has 0 aliphatic rings. The first kappa shape index (κ1) is 18.6. The lowest BCUT2D eigenvalue weighted by Gasteiger charge is -2.18. The number of nitrogens with zero attached hydrogens (tertiary/aromatic N) is 1. The maximum Gasteiger partial charge on any atom is 0.328 e. The maximum atomic E-state index is 12.4. The van der Waals surface area contributed by atoms with E-state index in [1.807, 2.05) is 32.9 Å². The number of benzene rings is 2. The van der Waals surface area contributed by atoms with E-state index in [0.29, 0.717) is 10.9 Å². The van der Waals surface area contributed by atoms with Crippen LogP contribution in [0.1, 0.15) is 36.1 Å². The molecule has 0 saturated heterocycles. The molecule has 0 spiro atoms. The minimum Gasteiger partial charge on any atom is -0.350 e. The summed E-state index contributed by atoms with van der Waals surface area (Å²) in [4.78, 5) is 38.8. The number of hydrogen-bond donors (Lipinski definition) is 2.